The standard InChI is InChI=1S/C22H32N4O6/c1-20(2,3)30-16(27)10-11(17(28)31-21(4,5)6)13(23)15-14(25-19(24)26-15)12(10)18(29)32-22(7,8)9/h23H2,1-9H3,(H3,24,25,26). The third-order valence-electron chi connectivity index (χ3n) is 3.81. The number of imidazole rings is 1. The predicted octanol–water partition coefficient (Wildman–Crippen LogP) is 3.59. The second-order valence-corrected chi connectivity index (χ2v) is 10.4. The van der Waals surface area contributed by atoms with Gasteiger partial charge in [0.25, 0.3) is 0 Å². The molecule has 0 bridgehead atoms. The summed E-state index contributed by atoms with van der Waals surface area (Å²) in [6, 6.07) is 0. The molecule has 0 unspecified atom stereocenters. The van der Waals surface area contributed by atoms with Gasteiger partial charge in [-0.05, 0) is 62.3 Å². The van der Waals surface area contributed by atoms with E-state index in [0.29, 0.717) is 0 Å². The largest absolute Gasteiger partial charge is 0.456 e. The molecule has 2 aromatic rings. The van der Waals surface area contributed by atoms with E-state index in [1.165, 1.54) is 0 Å². The average Bonchev–Trinajstić information content (AvgIpc) is 2.90. The van der Waals surface area contributed by atoms with Crippen molar-refractivity contribution in [3.05, 3.63) is 16.7 Å². The smallest absolute Gasteiger partial charge is 0.341 e. The lowest BCUT2D eigenvalue weighted by atomic mass is 9.96. The van der Waals surface area contributed by atoms with Gasteiger partial charge in [-0.1, -0.05) is 0 Å². The van der Waals surface area contributed by atoms with Gasteiger partial charge in [-0.3, -0.25) is 0 Å². The van der Waals surface area contributed by atoms with Crippen molar-refractivity contribution >= 4 is 40.6 Å². The van der Waals surface area contributed by atoms with Crippen molar-refractivity contribution in [2.24, 2.45) is 0 Å². The highest BCUT2D eigenvalue weighted by Crippen LogP contribution is 2.35. The number of nitrogens with two attached hydrogens (primary N) is 2. The number of aromatic nitrogens is 2. The maximum absolute atomic E-state index is 13.3. The quantitative estimate of drug-likeness (QED) is 0.362. The summed E-state index contributed by atoms with van der Waals surface area (Å²) >= 11 is 0. The Hall–Kier alpha value is -3.30. The average molecular weight is 449 g/mol. The topological polar surface area (TPSA) is 160 Å². The Bertz CT molecular complexity index is 1080. The first-order chi connectivity index (χ1) is 14.3. The number of nitrogens with one attached hydrogen (secondary N) is 1. The molecule has 10 heteroatoms. The minimum Gasteiger partial charge on any atom is -0.456 e. The van der Waals surface area contributed by atoms with Gasteiger partial charge in [0.2, 0.25) is 0 Å². The van der Waals surface area contributed by atoms with Crippen LogP contribution in [0.5, 0.6) is 0 Å². The number of nitrogens with zero attached hydrogens (tertiary/aromatic N) is 1. The lowest BCUT2D eigenvalue weighted by Crippen LogP contribution is -2.31. The summed E-state index contributed by atoms with van der Waals surface area (Å²) in [5.74, 6) is -2.81. The van der Waals surface area contributed by atoms with Crippen molar-refractivity contribution in [3.63, 3.8) is 0 Å². The normalized spacial score (nSPS) is 12.5. The summed E-state index contributed by atoms with van der Waals surface area (Å²) in [7, 11) is 0. The fraction of sp³-hybridized carbons (Fsp3) is 0.545. The molecule has 176 valence electrons. The lowest BCUT2D eigenvalue weighted by molar-refractivity contribution is 0.0000515. The zero-order chi connectivity index (χ0) is 24.8. The number of anilines is 2. The number of esters is 3. The highest BCUT2D eigenvalue weighted by molar-refractivity contribution is 6.21. The van der Waals surface area contributed by atoms with Crippen LogP contribution in [-0.2, 0) is 14.2 Å². The number of hydrogen-bond acceptors (Lipinski definition) is 9. The molecule has 0 fully saturated rings. The highest BCUT2D eigenvalue weighted by Gasteiger charge is 2.37. The van der Waals surface area contributed by atoms with Gasteiger partial charge in [0.15, 0.2) is 5.95 Å². The third kappa shape index (κ3) is 5.68. The van der Waals surface area contributed by atoms with Crippen LogP contribution in [0.2, 0.25) is 0 Å². The summed E-state index contributed by atoms with van der Waals surface area (Å²) in [6.45, 7) is 14.9. The molecule has 0 amide bonds. The first kappa shape index (κ1) is 25.0. The second kappa shape index (κ2) is 7.99. The fourth-order valence-corrected chi connectivity index (χ4v) is 2.87. The van der Waals surface area contributed by atoms with Crippen LogP contribution in [0.1, 0.15) is 93.4 Å². The fourth-order valence-electron chi connectivity index (χ4n) is 2.87. The molecule has 0 aliphatic heterocycles. The van der Waals surface area contributed by atoms with Gasteiger partial charge < -0.3 is 30.7 Å². The van der Waals surface area contributed by atoms with E-state index in [1.54, 1.807) is 62.3 Å². The summed E-state index contributed by atoms with van der Waals surface area (Å²) in [5.41, 5.74) is 8.29. The van der Waals surface area contributed by atoms with Crippen molar-refractivity contribution in [3.8, 4) is 0 Å². The molecule has 0 radical (unpaired) electrons. The van der Waals surface area contributed by atoms with Gasteiger partial charge in [0.05, 0.1) is 16.8 Å². The zero-order valence-corrected chi connectivity index (χ0v) is 20.1. The molecule has 0 aliphatic rings. The van der Waals surface area contributed by atoms with Crippen molar-refractivity contribution in [2.75, 3.05) is 11.5 Å². The molecular weight excluding hydrogens is 416 g/mol. The van der Waals surface area contributed by atoms with E-state index in [2.05, 4.69) is 9.97 Å². The van der Waals surface area contributed by atoms with Crippen LogP contribution in [0, 0.1) is 0 Å². The molecule has 0 saturated heterocycles. The number of carbonyl (C=O) groups is 3. The molecular formula is C22H32N4O6. The summed E-state index contributed by atoms with van der Waals surface area (Å²) in [6.07, 6.45) is 0. The van der Waals surface area contributed by atoms with Crippen LogP contribution >= 0.6 is 0 Å². The van der Waals surface area contributed by atoms with Crippen LogP contribution in [-0.4, -0.2) is 44.7 Å². The van der Waals surface area contributed by atoms with Crippen LogP contribution < -0.4 is 11.5 Å². The Morgan fingerprint density at radius 3 is 1.47 bits per heavy atom. The van der Waals surface area contributed by atoms with Gasteiger partial charge in [0.1, 0.15) is 33.4 Å². The monoisotopic (exact) mass is 448 g/mol. The number of benzene rings is 1. The number of nitrogen functional groups attached to an aromatic ring is 2. The van der Waals surface area contributed by atoms with Crippen molar-refractivity contribution in [1.29, 1.82) is 0 Å². The summed E-state index contributed by atoms with van der Waals surface area (Å²) in [4.78, 5) is 46.5. The Labute approximate surface area is 187 Å². The molecule has 0 atom stereocenters. The van der Waals surface area contributed by atoms with E-state index >= 15 is 0 Å². The number of aromatic amines is 1. The zero-order valence-electron chi connectivity index (χ0n) is 20.1. The van der Waals surface area contributed by atoms with Crippen LogP contribution in [0.15, 0.2) is 0 Å². The van der Waals surface area contributed by atoms with E-state index in [1.807, 2.05) is 0 Å². The minimum atomic E-state index is -0.950. The van der Waals surface area contributed by atoms with Crippen molar-refractivity contribution in [2.45, 2.75) is 79.1 Å². The van der Waals surface area contributed by atoms with Crippen LogP contribution in [0.3, 0.4) is 0 Å². The number of hydrogen-bond donors (Lipinski definition) is 3. The Balaban J connectivity index is 2.97. The van der Waals surface area contributed by atoms with Gasteiger partial charge in [-0.25, -0.2) is 19.4 Å². The van der Waals surface area contributed by atoms with E-state index in [-0.39, 0.29) is 39.4 Å². The molecule has 0 spiro atoms. The summed E-state index contributed by atoms with van der Waals surface area (Å²) < 4.78 is 16.5. The number of rotatable bonds is 3. The number of fused-ring (bicyclic) bond motifs is 1. The molecule has 1 heterocycles. The molecule has 1 aromatic heterocycles. The first-order valence-electron chi connectivity index (χ1n) is 10.1. The molecule has 10 nitrogen and oxygen atoms in total. The maximum atomic E-state index is 13.3. The van der Waals surface area contributed by atoms with Gasteiger partial charge in [-0.2, -0.15) is 0 Å². The molecule has 1 aromatic carbocycles. The molecule has 5 N–H and O–H groups in total. The van der Waals surface area contributed by atoms with E-state index in [9.17, 15) is 14.4 Å². The molecule has 0 saturated carbocycles. The predicted molar refractivity (Wildman–Crippen MR) is 120 cm³/mol. The molecule has 32 heavy (non-hydrogen) atoms. The Morgan fingerprint density at radius 2 is 1.06 bits per heavy atom. The van der Waals surface area contributed by atoms with E-state index < -0.39 is 34.7 Å². The highest BCUT2D eigenvalue weighted by atomic mass is 16.6. The Kier molecular flexibility index (Phi) is 6.24. The van der Waals surface area contributed by atoms with Crippen molar-refractivity contribution in [1.82, 2.24) is 9.97 Å². The number of carbonyl (C=O) groups excluding carboxylic acids is 3. The van der Waals surface area contributed by atoms with Crippen LogP contribution in [0.25, 0.3) is 11.0 Å². The number of ether oxygens (including phenoxy) is 3. The second-order valence-electron chi connectivity index (χ2n) is 10.4. The first-order valence-corrected chi connectivity index (χ1v) is 10.1. The maximum Gasteiger partial charge on any atom is 0.341 e. The third-order valence-corrected chi connectivity index (χ3v) is 3.81. The summed E-state index contributed by atoms with van der Waals surface area (Å²) in [5, 5.41) is 0. The van der Waals surface area contributed by atoms with Crippen molar-refractivity contribution < 1.29 is 28.6 Å². The molecule has 2 rings (SSSR count). The lowest BCUT2D eigenvalue weighted by Gasteiger charge is -2.25. The minimum absolute atomic E-state index is 0.0117. The van der Waals surface area contributed by atoms with Gasteiger partial charge >= 0.3 is 17.9 Å². The van der Waals surface area contributed by atoms with E-state index in [4.69, 9.17) is 25.7 Å². The van der Waals surface area contributed by atoms with Gasteiger partial charge in [-0.15, -0.1) is 0 Å². The van der Waals surface area contributed by atoms with Crippen LogP contribution in [0.4, 0.5) is 11.6 Å². The van der Waals surface area contributed by atoms with Gasteiger partial charge in [0, 0.05) is 0 Å². The van der Waals surface area contributed by atoms with E-state index in [0.717, 1.165) is 0 Å². The Morgan fingerprint density at radius 1 is 0.688 bits per heavy atom. The molecule has 0 aliphatic carbocycles. The number of H-pyrrole nitrogens is 1. The SMILES string of the molecule is CC(C)(C)OC(=O)c1c(C(=O)OC(C)(C)C)c(N)c2[nH]c(N)nc2c1C(=O)OC(C)(C)C.